The normalized spacial score (nSPS) is 10.9. The van der Waals surface area contributed by atoms with Crippen molar-refractivity contribution in [3.8, 4) is 5.75 Å². The zero-order chi connectivity index (χ0) is 22.7. The van der Waals surface area contributed by atoms with Crippen molar-refractivity contribution < 1.29 is 9.53 Å². The number of para-hydroxylation sites is 1. The number of nitrogens with zero attached hydrogens (tertiary/aromatic N) is 4. The number of anilines is 1. The van der Waals surface area contributed by atoms with Crippen molar-refractivity contribution in [2.45, 2.75) is 13.3 Å². The summed E-state index contributed by atoms with van der Waals surface area (Å²) < 4.78 is 8.75. The van der Waals surface area contributed by atoms with Crippen molar-refractivity contribution in [1.82, 2.24) is 19.6 Å². The molecule has 1 N–H and O–H groups in total. The van der Waals surface area contributed by atoms with Gasteiger partial charge >= 0.3 is 0 Å². The summed E-state index contributed by atoms with van der Waals surface area (Å²) in [5.74, 6) is -0.0275. The van der Waals surface area contributed by atoms with E-state index in [9.17, 15) is 4.79 Å². The second-order valence-electron chi connectivity index (χ2n) is 6.69. The number of hydrogen-bond donors (Lipinski definition) is 1. The number of halogens is 4. The average molecular weight is 511 g/mol. The van der Waals surface area contributed by atoms with Crippen molar-refractivity contribution >= 4 is 58.0 Å². The van der Waals surface area contributed by atoms with Crippen molar-refractivity contribution in [3.05, 3.63) is 92.4 Å². The third kappa shape index (κ3) is 5.37. The van der Waals surface area contributed by atoms with E-state index >= 15 is 0 Å². The lowest BCUT2D eigenvalue weighted by molar-refractivity contribution is 0.102. The zero-order valence-corrected chi connectivity index (χ0v) is 19.3. The molecule has 164 valence electrons. The second kappa shape index (κ2) is 9.83. The summed E-state index contributed by atoms with van der Waals surface area (Å²) in [5.41, 5.74) is 1.68. The van der Waals surface area contributed by atoms with E-state index in [1.807, 2.05) is 6.07 Å². The molecule has 0 fully saturated rings. The van der Waals surface area contributed by atoms with Gasteiger partial charge in [-0.1, -0.05) is 58.5 Å². The fourth-order valence-corrected chi connectivity index (χ4v) is 3.67. The zero-order valence-electron chi connectivity index (χ0n) is 16.3. The van der Waals surface area contributed by atoms with Gasteiger partial charge < -0.3 is 10.1 Å². The quantitative estimate of drug-likeness (QED) is 0.329. The number of ether oxygens (including phenoxy) is 1. The molecule has 2 aromatic carbocycles. The lowest BCUT2D eigenvalue weighted by Gasteiger charge is -2.09. The van der Waals surface area contributed by atoms with Crippen LogP contribution in [-0.2, 0) is 13.3 Å². The molecule has 0 saturated carbocycles. The number of carbonyl (C=O) groups is 1. The van der Waals surface area contributed by atoms with Crippen LogP contribution in [0.2, 0.25) is 20.1 Å². The number of carbonyl (C=O) groups excluding carboxylic acids is 1. The second-order valence-corrected chi connectivity index (χ2v) is 8.32. The van der Waals surface area contributed by atoms with Gasteiger partial charge in [0.1, 0.15) is 0 Å². The Hall–Kier alpha value is -2.71. The van der Waals surface area contributed by atoms with Gasteiger partial charge in [0.25, 0.3) is 5.91 Å². The Balaban J connectivity index is 1.35. The van der Waals surface area contributed by atoms with Crippen LogP contribution in [0.1, 0.15) is 16.1 Å². The molecule has 4 aromatic rings. The van der Waals surface area contributed by atoms with Crippen LogP contribution in [0.5, 0.6) is 5.75 Å². The van der Waals surface area contributed by atoms with Gasteiger partial charge in [-0.2, -0.15) is 10.2 Å². The minimum absolute atomic E-state index is 0.0400. The molecule has 0 saturated heterocycles. The van der Waals surface area contributed by atoms with Crippen LogP contribution < -0.4 is 10.1 Å². The summed E-state index contributed by atoms with van der Waals surface area (Å²) in [7, 11) is 0. The number of aromatic nitrogens is 4. The van der Waals surface area contributed by atoms with Gasteiger partial charge in [-0.15, -0.1) is 0 Å². The molecule has 11 heteroatoms. The van der Waals surface area contributed by atoms with Crippen LogP contribution in [0, 0.1) is 0 Å². The summed E-state index contributed by atoms with van der Waals surface area (Å²) in [6.07, 6.45) is 4.88. The summed E-state index contributed by atoms with van der Waals surface area (Å²) in [4.78, 5) is 12.5. The van der Waals surface area contributed by atoms with E-state index in [0.29, 0.717) is 38.1 Å². The highest BCUT2D eigenvalue weighted by atomic mass is 35.5. The van der Waals surface area contributed by atoms with E-state index in [2.05, 4.69) is 15.5 Å². The maximum atomic E-state index is 12.5. The van der Waals surface area contributed by atoms with Crippen molar-refractivity contribution in [2.24, 2.45) is 0 Å². The molecule has 0 aliphatic carbocycles. The standard InChI is InChI=1S/C21H15Cl4N5O2/c22-15-5-4-13(8-18(15)25)10-30-11-14(9-26-30)27-21(31)19-6-7-29(28-19)12-32-20-16(23)2-1-3-17(20)24/h1-9,11H,10,12H2,(H,27,31). The third-order valence-electron chi connectivity index (χ3n) is 4.35. The molecule has 1 amide bonds. The minimum atomic E-state index is -0.381. The number of rotatable bonds is 7. The van der Waals surface area contributed by atoms with Gasteiger partial charge in [-0.05, 0) is 35.9 Å². The van der Waals surface area contributed by atoms with E-state index in [4.69, 9.17) is 51.1 Å². The Labute approximate surface area is 203 Å². The summed E-state index contributed by atoms with van der Waals surface area (Å²) in [6, 6.07) is 12.0. The fraction of sp³-hybridized carbons (Fsp3) is 0.0952. The van der Waals surface area contributed by atoms with Crippen LogP contribution in [0.4, 0.5) is 5.69 Å². The van der Waals surface area contributed by atoms with E-state index in [1.165, 1.54) is 4.68 Å². The molecule has 7 nitrogen and oxygen atoms in total. The van der Waals surface area contributed by atoms with Crippen LogP contribution >= 0.6 is 46.4 Å². The molecular weight excluding hydrogens is 496 g/mol. The predicted molar refractivity (Wildman–Crippen MR) is 125 cm³/mol. The van der Waals surface area contributed by atoms with Gasteiger partial charge in [-0.25, -0.2) is 4.68 Å². The van der Waals surface area contributed by atoms with Gasteiger partial charge in [-0.3, -0.25) is 9.48 Å². The Morgan fingerprint density at radius 2 is 1.75 bits per heavy atom. The molecule has 32 heavy (non-hydrogen) atoms. The molecule has 0 radical (unpaired) electrons. The van der Waals surface area contributed by atoms with E-state index in [1.54, 1.807) is 59.7 Å². The molecule has 0 unspecified atom stereocenters. The number of nitrogens with one attached hydrogen (secondary N) is 1. The Kier molecular flexibility index (Phi) is 6.91. The van der Waals surface area contributed by atoms with Crippen molar-refractivity contribution in [3.63, 3.8) is 0 Å². The predicted octanol–water partition coefficient (Wildman–Crippen LogP) is 6.03. The van der Waals surface area contributed by atoms with Crippen LogP contribution in [0.3, 0.4) is 0 Å². The largest absolute Gasteiger partial charge is 0.468 e. The van der Waals surface area contributed by atoms with E-state index in [0.717, 1.165) is 5.56 Å². The lowest BCUT2D eigenvalue weighted by atomic mass is 10.2. The summed E-state index contributed by atoms with van der Waals surface area (Å²) in [5, 5.41) is 13.0. The Bertz CT molecular complexity index is 1250. The lowest BCUT2D eigenvalue weighted by Crippen LogP contribution is -2.14. The molecule has 4 rings (SSSR count). The highest BCUT2D eigenvalue weighted by molar-refractivity contribution is 6.42. The molecule has 2 heterocycles. The van der Waals surface area contributed by atoms with Gasteiger partial charge in [0.05, 0.1) is 38.5 Å². The first-order chi connectivity index (χ1) is 15.4. The third-order valence-corrected chi connectivity index (χ3v) is 5.69. The first-order valence-corrected chi connectivity index (χ1v) is 10.8. The van der Waals surface area contributed by atoms with E-state index in [-0.39, 0.29) is 18.3 Å². The maximum absolute atomic E-state index is 12.5. The molecule has 0 atom stereocenters. The minimum Gasteiger partial charge on any atom is -0.468 e. The number of amides is 1. The maximum Gasteiger partial charge on any atom is 0.276 e. The SMILES string of the molecule is O=C(Nc1cnn(Cc2ccc(Cl)c(Cl)c2)c1)c1ccn(COc2c(Cl)cccc2Cl)n1. The first-order valence-electron chi connectivity index (χ1n) is 9.27. The molecule has 0 spiro atoms. The van der Waals surface area contributed by atoms with Crippen molar-refractivity contribution in [2.75, 3.05) is 5.32 Å². The van der Waals surface area contributed by atoms with Gasteiger partial charge in [0, 0.05) is 12.4 Å². The average Bonchev–Trinajstić information content (AvgIpc) is 3.40. The Morgan fingerprint density at radius 1 is 0.969 bits per heavy atom. The van der Waals surface area contributed by atoms with Crippen LogP contribution in [-0.4, -0.2) is 25.5 Å². The number of benzene rings is 2. The smallest absolute Gasteiger partial charge is 0.276 e. The topological polar surface area (TPSA) is 74.0 Å². The molecule has 0 aliphatic rings. The fourth-order valence-electron chi connectivity index (χ4n) is 2.84. The Morgan fingerprint density at radius 3 is 2.50 bits per heavy atom. The van der Waals surface area contributed by atoms with Crippen LogP contribution in [0.25, 0.3) is 0 Å². The highest BCUT2D eigenvalue weighted by Gasteiger charge is 2.13. The monoisotopic (exact) mass is 509 g/mol. The van der Waals surface area contributed by atoms with Crippen molar-refractivity contribution in [1.29, 1.82) is 0 Å². The van der Waals surface area contributed by atoms with Gasteiger partial charge in [0.15, 0.2) is 18.2 Å². The molecule has 2 aromatic heterocycles. The van der Waals surface area contributed by atoms with Crippen LogP contribution in [0.15, 0.2) is 61.1 Å². The number of hydrogen-bond acceptors (Lipinski definition) is 4. The summed E-state index contributed by atoms with van der Waals surface area (Å²) in [6.45, 7) is 0.516. The highest BCUT2D eigenvalue weighted by Crippen LogP contribution is 2.32. The molecule has 0 aliphatic heterocycles. The first kappa shape index (κ1) is 22.5. The molecule has 0 bridgehead atoms. The van der Waals surface area contributed by atoms with Gasteiger partial charge in [0.2, 0.25) is 0 Å². The summed E-state index contributed by atoms with van der Waals surface area (Å²) >= 11 is 24.2. The molecular formula is C21H15Cl4N5O2. The van der Waals surface area contributed by atoms with E-state index < -0.39 is 0 Å².